The highest BCUT2D eigenvalue weighted by molar-refractivity contribution is 7.89. The van der Waals surface area contributed by atoms with Crippen molar-refractivity contribution in [1.29, 1.82) is 0 Å². The third-order valence-corrected chi connectivity index (χ3v) is 7.20. The fourth-order valence-corrected chi connectivity index (χ4v) is 5.31. The van der Waals surface area contributed by atoms with Crippen molar-refractivity contribution >= 4 is 27.3 Å². The van der Waals surface area contributed by atoms with E-state index in [0.717, 1.165) is 24.8 Å². The van der Waals surface area contributed by atoms with Crippen LogP contribution in [0.1, 0.15) is 30.4 Å². The van der Waals surface area contributed by atoms with Gasteiger partial charge in [-0.05, 0) is 52.9 Å². The zero-order valence-electron chi connectivity index (χ0n) is 15.5. The molecule has 3 rings (SSSR count). The van der Waals surface area contributed by atoms with Crippen LogP contribution in [-0.4, -0.2) is 38.8 Å². The summed E-state index contributed by atoms with van der Waals surface area (Å²) >= 11 is 1.66. The molecule has 1 saturated heterocycles. The molecule has 0 spiro atoms. The van der Waals surface area contributed by atoms with E-state index in [4.69, 9.17) is 0 Å². The van der Waals surface area contributed by atoms with Crippen LogP contribution in [0.4, 0.5) is 0 Å². The maximum Gasteiger partial charge on any atom is 0.243 e. The molecule has 0 radical (unpaired) electrons. The van der Waals surface area contributed by atoms with Crippen molar-refractivity contribution in [2.45, 2.75) is 37.2 Å². The van der Waals surface area contributed by atoms with Crippen LogP contribution < -0.4 is 10.6 Å². The number of sulfonamides is 1. The topological polar surface area (TPSA) is 73.8 Å². The Kier molecular flexibility index (Phi) is 6.87. The highest BCUT2D eigenvalue weighted by Gasteiger charge is 2.25. The van der Waals surface area contributed by atoms with E-state index < -0.39 is 10.0 Å². The van der Waals surface area contributed by atoms with Crippen LogP contribution in [0.15, 0.2) is 51.0 Å². The Morgan fingerprint density at radius 1 is 1.11 bits per heavy atom. The van der Waals surface area contributed by atoms with Crippen molar-refractivity contribution in [3.05, 3.63) is 52.2 Å². The largest absolute Gasteiger partial charge is 0.352 e. The first-order valence-electron chi connectivity index (χ1n) is 9.14. The molecule has 1 aliphatic heterocycles. The van der Waals surface area contributed by atoms with Crippen LogP contribution in [0.5, 0.6) is 0 Å². The van der Waals surface area contributed by atoms with Gasteiger partial charge in [-0.2, -0.15) is 15.6 Å². The summed E-state index contributed by atoms with van der Waals surface area (Å²) in [5.41, 5.74) is 2.11. The lowest BCUT2D eigenvalue weighted by Gasteiger charge is -2.26. The van der Waals surface area contributed by atoms with Gasteiger partial charge < -0.3 is 10.6 Å². The second kappa shape index (κ2) is 9.34. The molecule has 0 saturated carbocycles. The van der Waals surface area contributed by atoms with E-state index in [1.165, 1.54) is 5.56 Å². The molecule has 2 aromatic rings. The van der Waals surface area contributed by atoms with Crippen molar-refractivity contribution < 1.29 is 8.42 Å². The Hall–Kier alpha value is -1.90. The van der Waals surface area contributed by atoms with Crippen LogP contribution >= 0.6 is 11.3 Å². The first-order chi connectivity index (χ1) is 13.1. The predicted molar refractivity (Wildman–Crippen MR) is 110 cm³/mol. The second-order valence-electron chi connectivity index (χ2n) is 6.52. The first-order valence-corrected chi connectivity index (χ1v) is 11.5. The van der Waals surface area contributed by atoms with E-state index in [1.807, 2.05) is 11.4 Å². The molecule has 2 heterocycles. The summed E-state index contributed by atoms with van der Waals surface area (Å²) in [5.74, 6) is 0.686. The van der Waals surface area contributed by atoms with E-state index in [9.17, 15) is 8.42 Å². The quantitative estimate of drug-likeness (QED) is 0.571. The van der Waals surface area contributed by atoms with Crippen molar-refractivity contribution in [3.63, 3.8) is 0 Å². The maximum atomic E-state index is 12.8. The van der Waals surface area contributed by atoms with Gasteiger partial charge in [-0.1, -0.05) is 18.6 Å². The molecule has 0 aliphatic carbocycles. The molecule has 146 valence electrons. The van der Waals surface area contributed by atoms with Crippen molar-refractivity contribution in [2.75, 3.05) is 20.1 Å². The molecule has 0 atom stereocenters. The van der Waals surface area contributed by atoms with E-state index in [-0.39, 0.29) is 0 Å². The Balaban J connectivity index is 1.61. The molecular weight excluding hydrogens is 380 g/mol. The number of aliphatic imine (C=N–C) groups is 1. The summed E-state index contributed by atoms with van der Waals surface area (Å²) in [7, 11) is -1.69. The molecule has 6 nitrogen and oxygen atoms in total. The molecule has 8 heteroatoms. The summed E-state index contributed by atoms with van der Waals surface area (Å²) in [4.78, 5) is 4.58. The third kappa shape index (κ3) is 5.31. The first kappa shape index (κ1) is 19.9. The SMILES string of the molecule is CN=C(NCc1ccsc1)NCc1cccc(S(=O)(=O)N2CCCCC2)c1. The minimum Gasteiger partial charge on any atom is -0.352 e. The fraction of sp³-hybridized carbons (Fsp3) is 0.421. The molecule has 1 aromatic carbocycles. The zero-order valence-corrected chi connectivity index (χ0v) is 17.2. The van der Waals surface area contributed by atoms with Gasteiger partial charge in [0.2, 0.25) is 10.0 Å². The Labute approximate surface area is 165 Å². The molecule has 1 fully saturated rings. The van der Waals surface area contributed by atoms with Crippen molar-refractivity contribution in [1.82, 2.24) is 14.9 Å². The summed E-state index contributed by atoms with van der Waals surface area (Å²) in [6, 6.07) is 9.23. The smallest absolute Gasteiger partial charge is 0.243 e. The molecule has 0 bridgehead atoms. The molecule has 27 heavy (non-hydrogen) atoms. The van der Waals surface area contributed by atoms with Gasteiger partial charge in [0.1, 0.15) is 0 Å². The van der Waals surface area contributed by atoms with Crippen LogP contribution in [0, 0.1) is 0 Å². The molecule has 2 N–H and O–H groups in total. The standard InChI is InChI=1S/C19H26N4O2S2/c1-20-19(22-14-17-8-11-26-15-17)21-13-16-6-5-7-18(12-16)27(24,25)23-9-3-2-4-10-23/h5-8,11-12,15H,2-4,9-10,13-14H2,1H3,(H2,20,21,22). The minimum absolute atomic E-state index is 0.366. The van der Waals surface area contributed by atoms with Gasteiger partial charge in [-0.15, -0.1) is 0 Å². The average Bonchev–Trinajstić information content (AvgIpc) is 3.23. The number of thiophene rings is 1. The summed E-state index contributed by atoms with van der Waals surface area (Å²) in [5, 5.41) is 10.6. The molecule has 0 amide bonds. The van der Waals surface area contributed by atoms with Crippen molar-refractivity contribution in [2.24, 2.45) is 4.99 Å². The van der Waals surface area contributed by atoms with E-state index in [2.05, 4.69) is 27.1 Å². The van der Waals surface area contributed by atoms with Crippen LogP contribution in [-0.2, 0) is 23.1 Å². The van der Waals surface area contributed by atoms with Crippen molar-refractivity contribution in [3.8, 4) is 0 Å². The second-order valence-corrected chi connectivity index (χ2v) is 9.24. The van der Waals surface area contributed by atoms with Gasteiger partial charge >= 0.3 is 0 Å². The average molecular weight is 407 g/mol. The summed E-state index contributed by atoms with van der Waals surface area (Å²) in [6.07, 6.45) is 2.98. The Morgan fingerprint density at radius 2 is 1.85 bits per heavy atom. The number of guanidine groups is 1. The van der Waals surface area contributed by atoms with Gasteiger partial charge in [-0.3, -0.25) is 4.99 Å². The lowest BCUT2D eigenvalue weighted by atomic mass is 10.2. The zero-order chi connectivity index (χ0) is 19.1. The van der Waals surface area contributed by atoms with Crippen LogP contribution in [0.2, 0.25) is 0 Å². The number of piperidine rings is 1. The summed E-state index contributed by atoms with van der Waals surface area (Å²) < 4.78 is 27.3. The normalized spacial score (nSPS) is 16.3. The number of nitrogens with one attached hydrogen (secondary N) is 2. The number of nitrogens with zero attached hydrogens (tertiary/aromatic N) is 2. The highest BCUT2D eigenvalue weighted by atomic mass is 32.2. The molecular formula is C19H26N4O2S2. The molecule has 0 unspecified atom stereocenters. The Morgan fingerprint density at radius 3 is 2.52 bits per heavy atom. The van der Waals surface area contributed by atoms with Gasteiger partial charge in [-0.25, -0.2) is 8.42 Å². The molecule has 1 aliphatic rings. The maximum absolute atomic E-state index is 12.8. The Bertz CT molecular complexity index is 858. The van der Waals surface area contributed by atoms with Gasteiger partial charge in [0.15, 0.2) is 5.96 Å². The number of hydrogen-bond donors (Lipinski definition) is 2. The third-order valence-electron chi connectivity index (χ3n) is 4.57. The number of hydrogen-bond acceptors (Lipinski definition) is 4. The fourth-order valence-electron chi connectivity index (χ4n) is 3.06. The lowest BCUT2D eigenvalue weighted by molar-refractivity contribution is 0.346. The predicted octanol–water partition coefficient (Wildman–Crippen LogP) is 2.79. The lowest BCUT2D eigenvalue weighted by Crippen LogP contribution is -2.36. The van der Waals surface area contributed by atoms with E-state index in [0.29, 0.717) is 37.0 Å². The van der Waals surface area contributed by atoms with E-state index in [1.54, 1.807) is 40.9 Å². The minimum atomic E-state index is -3.41. The van der Waals surface area contributed by atoms with E-state index >= 15 is 0 Å². The number of benzene rings is 1. The van der Waals surface area contributed by atoms with Gasteiger partial charge in [0, 0.05) is 33.2 Å². The monoisotopic (exact) mass is 406 g/mol. The van der Waals surface area contributed by atoms with Crippen LogP contribution in [0.25, 0.3) is 0 Å². The highest BCUT2D eigenvalue weighted by Crippen LogP contribution is 2.21. The van der Waals surface area contributed by atoms with Gasteiger partial charge in [0.05, 0.1) is 4.90 Å². The van der Waals surface area contributed by atoms with Gasteiger partial charge in [0.25, 0.3) is 0 Å². The summed E-state index contributed by atoms with van der Waals surface area (Å²) in [6.45, 7) is 2.44. The molecule has 1 aromatic heterocycles. The van der Waals surface area contributed by atoms with Crippen LogP contribution in [0.3, 0.4) is 0 Å². The number of rotatable bonds is 6.